The van der Waals surface area contributed by atoms with Crippen LogP contribution in [-0.2, 0) is 9.59 Å². The summed E-state index contributed by atoms with van der Waals surface area (Å²) < 4.78 is 13.4. The number of halogens is 1. The number of anilines is 1. The van der Waals surface area contributed by atoms with Crippen LogP contribution in [0.2, 0.25) is 0 Å². The van der Waals surface area contributed by atoms with E-state index in [1.165, 1.54) is 46.7 Å². The van der Waals surface area contributed by atoms with Crippen molar-refractivity contribution in [2.45, 2.75) is 6.04 Å². The molecule has 0 radical (unpaired) electrons. The fraction of sp³-hybridized carbons (Fsp3) is 0.0500. The lowest BCUT2D eigenvalue weighted by atomic mass is 9.95. The van der Waals surface area contributed by atoms with Crippen molar-refractivity contribution in [3.8, 4) is 0 Å². The number of aliphatic hydroxyl groups excluding tert-OH is 1. The van der Waals surface area contributed by atoms with Gasteiger partial charge in [-0.1, -0.05) is 42.5 Å². The van der Waals surface area contributed by atoms with Crippen LogP contribution in [-0.4, -0.2) is 21.8 Å². The van der Waals surface area contributed by atoms with Crippen molar-refractivity contribution in [2.24, 2.45) is 0 Å². The smallest absolute Gasteiger partial charge is 0.301 e. The molecular formula is C20H13FN2O3S. The lowest BCUT2D eigenvalue weighted by Gasteiger charge is -2.22. The molecule has 1 aromatic heterocycles. The van der Waals surface area contributed by atoms with Crippen LogP contribution in [0.3, 0.4) is 0 Å². The summed E-state index contributed by atoms with van der Waals surface area (Å²) in [5.41, 5.74) is 0.873. The van der Waals surface area contributed by atoms with E-state index in [1.807, 2.05) is 0 Å². The van der Waals surface area contributed by atoms with E-state index in [2.05, 4.69) is 4.98 Å². The fourth-order valence-corrected chi connectivity index (χ4v) is 3.74. The van der Waals surface area contributed by atoms with Crippen LogP contribution in [0, 0.1) is 5.82 Å². The van der Waals surface area contributed by atoms with E-state index in [1.54, 1.807) is 35.7 Å². The number of thiazole rings is 1. The summed E-state index contributed by atoms with van der Waals surface area (Å²) in [4.78, 5) is 30.9. The number of hydrogen-bond donors (Lipinski definition) is 1. The molecule has 0 spiro atoms. The number of rotatable bonds is 3. The zero-order chi connectivity index (χ0) is 19.0. The standard InChI is InChI=1S/C20H13FN2O3S/c21-14-8-6-12(7-9-14)16-15(17(24)13-4-2-1-3-5-13)18(25)19(26)23(16)20-22-10-11-27-20/h1-11,16,24H/b17-15+/t16-/m0/s1. The first-order chi connectivity index (χ1) is 13.1. The molecule has 0 bridgehead atoms. The molecule has 2 aromatic carbocycles. The number of Topliss-reactive ketones (excluding diaryl/α,β-unsaturated/α-hetero) is 1. The number of benzene rings is 2. The molecule has 1 N–H and O–H groups in total. The molecule has 2 heterocycles. The Hall–Kier alpha value is -3.32. The van der Waals surface area contributed by atoms with E-state index in [4.69, 9.17) is 0 Å². The van der Waals surface area contributed by atoms with Gasteiger partial charge in [0.25, 0.3) is 5.78 Å². The number of nitrogens with zero attached hydrogens (tertiary/aromatic N) is 2. The molecule has 1 saturated heterocycles. The first-order valence-electron chi connectivity index (χ1n) is 8.09. The average molecular weight is 380 g/mol. The minimum atomic E-state index is -0.892. The first kappa shape index (κ1) is 17.1. The summed E-state index contributed by atoms with van der Waals surface area (Å²) in [6.45, 7) is 0. The molecule has 1 aliphatic rings. The Labute approximate surface area is 158 Å². The summed E-state index contributed by atoms with van der Waals surface area (Å²) >= 11 is 1.20. The molecule has 7 heteroatoms. The molecule has 0 saturated carbocycles. The number of aliphatic hydroxyl groups is 1. The van der Waals surface area contributed by atoms with Crippen LogP contribution in [0.1, 0.15) is 17.2 Å². The predicted octanol–water partition coefficient (Wildman–Crippen LogP) is 3.91. The van der Waals surface area contributed by atoms with Crippen LogP contribution in [0.15, 0.2) is 71.7 Å². The molecule has 1 aliphatic heterocycles. The molecular weight excluding hydrogens is 367 g/mol. The molecule has 27 heavy (non-hydrogen) atoms. The van der Waals surface area contributed by atoms with Gasteiger partial charge in [-0.3, -0.25) is 14.5 Å². The third kappa shape index (κ3) is 2.92. The van der Waals surface area contributed by atoms with Crippen molar-refractivity contribution in [3.63, 3.8) is 0 Å². The van der Waals surface area contributed by atoms with Gasteiger partial charge in [0.2, 0.25) is 0 Å². The van der Waals surface area contributed by atoms with Crippen LogP contribution in [0.4, 0.5) is 9.52 Å². The van der Waals surface area contributed by atoms with Gasteiger partial charge in [0, 0.05) is 17.1 Å². The van der Waals surface area contributed by atoms with E-state index in [0.717, 1.165) is 0 Å². The number of amides is 1. The predicted molar refractivity (Wildman–Crippen MR) is 99.7 cm³/mol. The average Bonchev–Trinajstić information content (AvgIpc) is 3.30. The Bertz CT molecular complexity index is 1030. The second-order valence-electron chi connectivity index (χ2n) is 5.90. The van der Waals surface area contributed by atoms with Gasteiger partial charge in [-0.15, -0.1) is 11.3 Å². The summed E-state index contributed by atoms with van der Waals surface area (Å²) in [6, 6.07) is 13.1. The van der Waals surface area contributed by atoms with Crippen molar-refractivity contribution in [2.75, 3.05) is 4.90 Å². The fourth-order valence-electron chi connectivity index (χ4n) is 3.08. The number of hydrogen-bond acceptors (Lipinski definition) is 5. The van der Waals surface area contributed by atoms with Gasteiger partial charge < -0.3 is 5.11 Å². The van der Waals surface area contributed by atoms with Gasteiger partial charge in [-0.05, 0) is 17.7 Å². The van der Waals surface area contributed by atoms with Crippen LogP contribution < -0.4 is 4.90 Å². The van der Waals surface area contributed by atoms with Gasteiger partial charge in [0.05, 0.1) is 11.6 Å². The maximum Gasteiger partial charge on any atom is 0.301 e. The number of carbonyl (C=O) groups excluding carboxylic acids is 2. The van der Waals surface area contributed by atoms with Crippen molar-refractivity contribution in [1.82, 2.24) is 4.98 Å². The van der Waals surface area contributed by atoms with Crippen molar-refractivity contribution < 1.29 is 19.1 Å². The van der Waals surface area contributed by atoms with Crippen LogP contribution in [0.5, 0.6) is 0 Å². The van der Waals surface area contributed by atoms with Gasteiger partial charge >= 0.3 is 5.91 Å². The van der Waals surface area contributed by atoms with Gasteiger partial charge in [-0.25, -0.2) is 9.37 Å². The molecule has 4 rings (SSSR count). The largest absolute Gasteiger partial charge is 0.507 e. The van der Waals surface area contributed by atoms with E-state index in [0.29, 0.717) is 16.3 Å². The van der Waals surface area contributed by atoms with Gasteiger partial charge in [0.15, 0.2) is 5.13 Å². The lowest BCUT2D eigenvalue weighted by molar-refractivity contribution is -0.132. The first-order valence-corrected chi connectivity index (χ1v) is 8.97. The topological polar surface area (TPSA) is 70.5 Å². The molecule has 1 atom stereocenters. The molecule has 0 aliphatic carbocycles. The highest BCUT2D eigenvalue weighted by atomic mass is 32.1. The molecule has 1 amide bonds. The molecule has 134 valence electrons. The highest BCUT2D eigenvalue weighted by Crippen LogP contribution is 2.42. The third-order valence-corrected chi connectivity index (χ3v) is 5.07. The Morgan fingerprint density at radius 1 is 1.07 bits per heavy atom. The quantitative estimate of drug-likeness (QED) is 0.425. The second kappa shape index (κ2) is 6.77. The van der Waals surface area contributed by atoms with Crippen molar-refractivity contribution in [1.29, 1.82) is 0 Å². The highest BCUT2D eigenvalue weighted by molar-refractivity contribution is 7.14. The van der Waals surface area contributed by atoms with Crippen molar-refractivity contribution in [3.05, 3.63) is 88.7 Å². The summed E-state index contributed by atoms with van der Waals surface area (Å²) in [7, 11) is 0. The third-order valence-electron chi connectivity index (χ3n) is 4.30. The zero-order valence-corrected chi connectivity index (χ0v) is 14.7. The minimum absolute atomic E-state index is 0.0481. The van der Waals surface area contributed by atoms with E-state index in [-0.39, 0.29) is 11.3 Å². The molecule has 1 fully saturated rings. The number of carbonyl (C=O) groups is 2. The van der Waals surface area contributed by atoms with Gasteiger partial charge in [-0.2, -0.15) is 0 Å². The Kier molecular flexibility index (Phi) is 4.29. The highest BCUT2D eigenvalue weighted by Gasteiger charge is 2.47. The van der Waals surface area contributed by atoms with Gasteiger partial charge in [0.1, 0.15) is 11.6 Å². The number of ketones is 1. The van der Waals surface area contributed by atoms with Crippen molar-refractivity contribution >= 4 is 33.9 Å². The Balaban J connectivity index is 1.94. The minimum Gasteiger partial charge on any atom is -0.507 e. The Morgan fingerprint density at radius 3 is 2.41 bits per heavy atom. The second-order valence-corrected chi connectivity index (χ2v) is 6.77. The number of aromatic nitrogens is 1. The van der Waals surface area contributed by atoms with E-state index in [9.17, 15) is 19.1 Å². The SMILES string of the molecule is O=C1C(=O)N(c2nccs2)[C@@H](c2ccc(F)cc2)/C1=C(\O)c1ccccc1. The Morgan fingerprint density at radius 2 is 1.78 bits per heavy atom. The summed E-state index contributed by atoms with van der Waals surface area (Å²) in [5, 5.41) is 12.8. The van der Waals surface area contributed by atoms with Crippen LogP contribution >= 0.6 is 11.3 Å². The van der Waals surface area contributed by atoms with E-state index < -0.39 is 23.5 Å². The molecule has 5 nitrogen and oxygen atoms in total. The lowest BCUT2D eigenvalue weighted by Crippen LogP contribution is -2.29. The molecule has 0 unspecified atom stereocenters. The summed E-state index contributed by atoms with van der Waals surface area (Å²) in [6.07, 6.45) is 1.53. The van der Waals surface area contributed by atoms with E-state index >= 15 is 0 Å². The monoisotopic (exact) mass is 380 g/mol. The molecule has 3 aromatic rings. The maximum absolute atomic E-state index is 13.4. The van der Waals surface area contributed by atoms with Crippen LogP contribution in [0.25, 0.3) is 5.76 Å². The normalized spacial score (nSPS) is 18.9. The maximum atomic E-state index is 13.4. The summed E-state index contributed by atoms with van der Waals surface area (Å²) in [5.74, 6) is -2.30. The zero-order valence-electron chi connectivity index (χ0n) is 13.9.